The minimum Gasteiger partial charge on any atom is -0.370 e. The highest BCUT2D eigenvalue weighted by Gasteiger charge is 2.02. The van der Waals surface area contributed by atoms with Crippen LogP contribution < -0.4 is 5.32 Å². The number of hydrogen-bond acceptors (Lipinski definition) is 4. The maximum absolute atomic E-state index is 4.62. The predicted octanol–water partition coefficient (Wildman–Crippen LogP) is 3.09. The number of rotatable bonds is 9. The quantitative estimate of drug-likeness (QED) is 0.696. The molecule has 1 aromatic rings. The van der Waals surface area contributed by atoms with Gasteiger partial charge in [-0.15, -0.1) is 0 Å². The van der Waals surface area contributed by atoms with E-state index in [0.717, 1.165) is 37.6 Å². The normalized spacial score (nSPS) is 10.9. The molecule has 1 heterocycles. The van der Waals surface area contributed by atoms with Crippen molar-refractivity contribution in [2.75, 3.05) is 37.5 Å². The molecule has 0 spiro atoms. The molecule has 1 N–H and O–H groups in total. The third-order valence-corrected chi connectivity index (χ3v) is 3.38. The topological polar surface area (TPSA) is 28.2 Å². The van der Waals surface area contributed by atoms with Crippen molar-refractivity contribution in [3.8, 4) is 0 Å². The van der Waals surface area contributed by atoms with Crippen LogP contribution in [0.2, 0.25) is 0 Å². The Labute approximate surface area is 115 Å². The van der Waals surface area contributed by atoms with Crippen LogP contribution >= 0.6 is 11.8 Å². The first-order valence-corrected chi connectivity index (χ1v) is 8.03. The van der Waals surface area contributed by atoms with E-state index in [1.165, 1.54) is 12.2 Å². The molecule has 102 valence electrons. The van der Waals surface area contributed by atoms with Crippen LogP contribution in [0.15, 0.2) is 18.2 Å². The molecule has 0 unspecified atom stereocenters. The first-order valence-electron chi connectivity index (χ1n) is 6.63. The van der Waals surface area contributed by atoms with Gasteiger partial charge in [-0.1, -0.05) is 13.0 Å². The van der Waals surface area contributed by atoms with Crippen molar-refractivity contribution in [2.24, 2.45) is 0 Å². The average Bonchev–Trinajstić information content (AvgIpc) is 2.37. The molecule has 0 saturated heterocycles. The van der Waals surface area contributed by atoms with Crippen molar-refractivity contribution < 1.29 is 0 Å². The van der Waals surface area contributed by atoms with Crippen molar-refractivity contribution in [1.82, 2.24) is 9.88 Å². The van der Waals surface area contributed by atoms with Crippen LogP contribution in [-0.4, -0.2) is 42.0 Å². The Morgan fingerprint density at radius 2 is 2.22 bits per heavy atom. The summed E-state index contributed by atoms with van der Waals surface area (Å²) in [5, 5.41) is 3.33. The summed E-state index contributed by atoms with van der Waals surface area (Å²) in [6, 6.07) is 6.21. The first kappa shape index (κ1) is 15.3. The second-order valence-electron chi connectivity index (χ2n) is 4.53. The number of aromatic nitrogens is 1. The Balaban J connectivity index is 2.40. The summed E-state index contributed by atoms with van der Waals surface area (Å²) in [7, 11) is 2.16. The van der Waals surface area contributed by atoms with E-state index < -0.39 is 0 Å². The van der Waals surface area contributed by atoms with Gasteiger partial charge in [0.2, 0.25) is 0 Å². The first-order chi connectivity index (χ1) is 8.76. The van der Waals surface area contributed by atoms with Gasteiger partial charge in [0.05, 0.1) is 5.69 Å². The molecule has 0 aliphatic heterocycles. The summed E-state index contributed by atoms with van der Waals surface area (Å²) in [6.45, 7) is 5.21. The van der Waals surface area contributed by atoms with Crippen LogP contribution in [0.4, 0.5) is 5.82 Å². The minimum atomic E-state index is 0.927. The van der Waals surface area contributed by atoms with Gasteiger partial charge in [-0.3, -0.25) is 0 Å². The third-order valence-electron chi connectivity index (χ3n) is 2.68. The van der Waals surface area contributed by atoms with Gasteiger partial charge in [0, 0.05) is 13.1 Å². The molecule has 0 aliphatic rings. The highest BCUT2D eigenvalue weighted by Crippen LogP contribution is 2.07. The number of nitrogens with zero attached hydrogens (tertiary/aromatic N) is 2. The van der Waals surface area contributed by atoms with E-state index >= 15 is 0 Å². The molecule has 0 atom stereocenters. The Bertz CT molecular complexity index is 331. The largest absolute Gasteiger partial charge is 0.370 e. The number of thioether (sulfide) groups is 1. The summed E-state index contributed by atoms with van der Waals surface area (Å²) in [5.41, 5.74) is 1.14. The van der Waals surface area contributed by atoms with Crippen molar-refractivity contribution in [2.45, 2.75) is 26.3 Å². The molecular weight excluding hydrogens is 242 g/mol. The van der Waals surface area contributed by atoms with Crippen LogP contribution in [0.1, 0.15) is 25.5 Å². The number of pyridine rings is 1. The molecule has 0 aromatic carbocycles. The lowest BCUT2D eigenvalue weighted by molar-refractivity contribution is 0.325. The van der Waals surface area contributed by atoms with Gasteiger partial charge in [-0.2, -0.15) is 11.8 Å². The molecule has 0 bridgehead atoms. The summed E-state index contributed by atoms with van der Waals surface area (Å²) >= 11 is 1.91. The van der Waals surface area contributed by atoms with Gasteiger partial charge in [-0.05, 0) is 50.6 Å². The smallest absolute Gasteiger partial charge is 0.126 e. The maximum Gasteiger partial charge on any atom is 0.126 e. The fourth-order valence-electron chi connectivity index (χ4n) is 1.75. The molecular formula is C14H25N3S. The van der Waals surface area contributed by atoms with Crippen LogP contribution in [0.3, 0.4) is 0 Å². The fraction of sp³-hybridized carbons (Fsp3) is 0.643. The standard InChI is InChI=1S/C14H25N3S/c1-4-9-15-14-8-5-7-13(16-14)12-17(2)10-6-11-18-3/h5,7-8H,4,6,9-12H2,1-3H3,(H,15,16). The van der Waals surface area contributed by atoms with Gasteiger partial charge in [-0.25, -0.2) is 4.98 Å². The highest BCUT2D eigenvalue weighted by molar-refractivity contribution is 7.98. The number of anilines is 1. The third kappa shape index (κ3) is 6.26. The van der Waals surface area contributed by atoms with Crippen molar-refractivity contribution in [3.05, 3.63) is 23.9 Å². The molecule has 0 saturated carbocycles. The zero-order valence-corrected chi connectivity index (χ0v) is 12.6. The lowest BCUT2D eigenvalue weighted by Crippen LogP contribution is -2.20. The molecule has 0 amide bonds. The second-order valence-corrected chi connectivity index (χ2v) is 5.51. The van der Waals surface area contributed by atoms with Crippen molar-refractivity contribution in [3.63, 3.8) is 0 Å². The number of hydrogen-bond donors (Lipinski definition) is 1. The monoisotopic (exact) mass is 267 g/mol. The minimum absolute atomic E-state index is 0.927. The van der Waals surface area contributed by atoms with Crippen molar-refractivity contribution in [1.29, 1.82) is 0 Å². The van der Waals surface area contributed by atoms with E-state index in [4.69, 9.17) is 0 Å². The maximum atomic E-state index is 4.62. The summed E-state index contributed by atoms with van der Waals surface area (Å²) in [4.78, 5) is 6.96. The van der Waals surface area contributed by atoms with Gasteiger partial charge >= 0.3 is 0 Å². The van der Waals surface area contributed by atoms with E-state index in [9.17, 15) is 0 Å². The van der Waals surface area contributed by atoms with Gasteiger partial charge in [0.15, 0.2) is 0 Å². The summed E-state index contributed by atoms with van der Waals surface area (Å²) < 4.78 is 0. The Hall–Kier alpha value is -0.740. The van der Waals surface area contributed by atoms with Crippen molar-refractivity contribution >= 4 is 17.6 Å². The van der Waals surface area contributed by atoms with Gasteiger partial charge in [0.25, 0.3) is 0 Å². The van der Waals surface area contributed by atoms with E-state index in [-0.39, 0.29) is 0 Å². The Morgan fingerprint density at radius 1 is 1.39 bits per heavy atom. The average molecular weight is 267 g/mol. The molecule has 3 nitrogen and oxygen atoms in total. The molecule has 0 radical (unpaired) electrons. The number of nitrogens with one attached hydrogen (secondary N) is 1. The molecule has 1 rings (SSSR count). The van der Waals surface area contributed by atoms with Crippen LogP contribution in [0, 0.1) is 0 Å². The van der Waals surface area contributed by atoms with E-state index in [1.54, 1.807) is 0 Å². The zero-order chi connectivity index (χ0) is 13.2. The van der Waals surface area contributed by atoms with E-state index in [0.29, 0.717) is 0 Å². The molecule has 0 aliphatic carbocycles. The van der Waals surface area contributed by atoms with E-state index in [2.05, 4.69) is 47.6 Å². The highest BCUT2D eigenvalue weighted by atomic mass is 32.2. The molecule has 4 heteroatoms. The second kappa shape index (κ2) is 9.22. The summed E-state index contributed by atoms with van der Waals surface area (Å²) in [5.74, 6) is 2.22. The van der Waals surface area contributed by atoms with Gasteiger partial charge < -0.3 is 10.2 Å². The lowest BCUT2D eigenvalue weighted by Gasteiger charge is -2.16. The van der Waals surface area contributed by atoms with Crippen LogP contribution in [0.25, 0.3) is 0 Å². The molecule has 18 heavy (non-hydrogen) atoms. The van der Waals surface area contributed by atoms with Gasteiger partial charge in [0.1, 0.15) is 5.82 Å². The summed E-state index contributed by atoms with van der Waals surface area (Å²) in [6.07, 6.45) is 4.52. The Kier molecular flexibility index (Phi) is 7.85. The van der Waals surface area contributed by atoms with Crippen LogP contribution in [-0.2, 0) is 6.54 Å². The lowest BCUT2D eigenvalue weighted by atomic mass is 10.3. The van der Waals surface area contributed by atoms with Crippen LogP contribution in [0.5, 0.6) is 0 Å². The fourth-order valence-corrected chi connectivity index (χ4v) is 2.17. The molecule has 1 aromatic heterocycles. The van der Waals surface area contributed by atoms with E-state index in [1.807, 2.05) is 17.8 Å². The zero-order valence-electron chi connectivity index (χ0n) is 11.8. The SMILES string of the molecule is CCCNc1cccc(CN(C)CCCSC)n1. The Morgan fingerprint density at radius 3 is 2.94 bits per heavy atom. The predicted molar refractivity (Wildman–Crippen MR) is 82.4 cm³/mol. The molecule has 0 fully saturated rings.